The van der Waals surface area contributed by atoms with Crippen LogP contribution in [0.5, 0.6) is 0 Å². The van der Waals surface area contributed by atoms with Gasteiger partial charge in [0.2, 0.25) is 0 Å². The van der Waals surface area contributed by atoms with Gasteiger partial charge in [-0.1, -0.05) is 13.0 Å². The third-order valence-corrected chi connectivity index (χ3v) is 3.47. The van der Waals surface area contributed by atoms with Gasteiger partial charge in [0.05, 0.1) is 16.4 Å². The summed E-state index contributed by atoms with van der Waals surface area (Å²) in [4.78, 5) is 11.6. The van der Waals surface area contributed by atoms with E-state index in [4.69, 9.17) is 5.11 Å². The van der Waals surface area contributed by atoms with E-state index >= 15 is 0 Å². The summed E-state index contributed by atoms with van der Waals surface area (Å²) in [5, 5.41) is 8.99. The van der Waals surface area contributed by atoms with Gasteiger partial charge in [0, 0.05) is 11.2 Å². The molecule has 0 saturated heterocycles. The molecule has 0 fully saturated rings. The Bertz CT molecular complexity index is 424. The fourth-order valence-electron chi connectivity index (χ4n) is 1.70. The molecule has 0 aliphatic heterocycles. The molecule has 0 aliphatic carbocycles. The highest BCUT2D eigenvalue weighted by molar-refractivity contribution is 7.84. The lowest BCUT2D eigenvalue weighted by Crippen LogP contribution is -2.07. The van der Waals surface area contributed by atoms with Crippen LogP contribution in [0.4, 0.5) is 0 Å². The molecule has 1 atom stereocenters. The third-order valence-electron chi connectivity index (χ3n) is 2.33. The molecule has 3 nitrogen and oxygen atoms in total. The van der Waals surface area contributed by atoms with Crippen LogP contribution in [-0.2, 0) is 17.2 Å². The summed E-state index contributed by atoms with van der Waals surface area (Å²) in [5.74, 6) is -0.960. The standard InChI is InChI=1S/C11H14O3S/c1-4-8-9(11(12)13)6-5-7(2)10(8)15(3)14/h5-6H,4H2,1-3H3,(H,12,13)/t15-/m1/s1. The molecule has 15 heavy (non-hydrogen) atoms. The van der Waals surface area contributed by atoms with E-state index in [0.717, 1.165) is 5.56 Å². The SMILES string of the molecule is CCc1c(C(=O)O)ccc(C)c1[S@@](C)=O. The molecule has 0 amide bonds. The van der Waals surface area contributed by atoms with E-state index in [1.54, 1.807) is 18.4 Å². The van der Waals surface area contributed by atoms with Gasteiger partial charge in [0.25, 0.3) is 0 Å². The zero-order valence-corrected chi connectivity index (χ0v) is 9.85. The predicted octanol–water partition coefficient (Wildman–Crippen LogP) is 1.99. The van der Waals surface area contributed by atoms with Crippen LogP contribution in [0.15, 0.2) is 17.0 Å². The smallest absolute Gasteiger partial charge is 0.336 e. The van der Waals surface area contributed by atoms with Crippen molar-refractivity contribution in [3.8, 4) is 0 Å². The first-order valence-corrected chi connectivity index (χ1v) is 6.24. The molecule has 4 heteroatoms. The van der Waals surface area contributed by atoms with Crippen molar-refractivity contribution in [1.82, 2.24) is 0 Å². The molecule has 0 aliphatic rings. The van der Waals surface area contributed by atoms with Crippen LogP contribution >= 0.6 is 0 Å². The number of carboxylic acids is 1. The van der Waals surface area contributed by atoms with Crippen molar-refractivity contribution in [2.75, 3.05) is 6.26 Å². The van der Waals surface area contributed by atoms with Gasteiger partial charge in [-0.2, -0.15) is 0 Å². The van der Waals surface area contributed by atoms with Gasteiger partial charge in [-0.3, -0.25) is 4.21 Å². The number of aryl methyl sites for hydroxylation is 1. The monoisotopic (exact) mass is 226 g/mol. The van der Waals surface area contributed by atoms with Crippen LogP contribution in [0.1, 0.15) is 28.4 Å². The zero-order valence-electron chi connectivity index (χ0n) is 9.03. The molecule has 1 N–H and O–H groups in total. The van der Waals surface area contributed by atoms with Crippen molar-refractivity contribution in [3.63, 3.8) is 0 Å². The van der Waals surface area contributed by atoms with E-state index in [1.165, 1.54) is 0 Å². The topological polar surface area (TPSA) is 54.4 Å². The van der Waals surface area contributed by atoms with Crippen LogP contribution in [0.25, 0.3) is 0 Å². The lowest BCUT2D eigenvalue weighted by atomic mass is 10.0. The zero-order chi connectivity index (χ0) is 11.6. The van der Waals surface area contributed by atoms with Crippen molar-refractivity contribution in [1.29, 1.82) is 0 Å². The number of aromatic carboxylic acids is 1. The molecule has 1 rings (SSSR count). The molecular formula is C11H14O3S. The summed E-state index contributed by atoms with van der Waals surface area (Å²) in [7, 11) is -1.14. The van der Waals surface area contributed by atoms with Gasteiger partial charge in [0.1, 0.15) is 0 Å². The van der Waals surface area contributed by atoms with Crippen molar-refractivity contribution < 1.29 is 14.1 Å². The van der Waals surface area contributed by atoms with Crippen LogP contribution in [0, 0.1) is 6.92 Å². The highest BCUT2D eigenvalue weighted by Crippen LogP contribution is 2.22. The van der Waals surface area contributed by atoms with E-state index in [1.807, 2.05) is 13.8 Å². The molecular weight excluding hydrogens is 212 g/mol. The third kappa shape index (κ3) is 2.26. The largest absolute Gasteiger partial charge is 0.478 e. The Kier molecular flexibility index (Phi) is 3.63. The molecule has 0 bridgehead atoms. The van der Waals surface area contributed by atoms with Gasteiger partial charge >= 0.3 is 5.97 Å². The number of benzene rings is 1. The highest BCUT2D eigenvalue weighted by atomic mass is 32.2. The fourth-order valence-corrected chi connectivity index (χ4v) is 2.82. The Morgan fingerprint density at radius 1 is 1.47 bits per heavy atom. The number of hydrogen-bond donors (Lipinski definition) is 1. The number of carbonyl (C=O) groups is 1. The Hall–Kier alpha value is -1.16. The second kappa shape index (κ2) is 4.57. The van der Waals surface area contributed by atoms with Crippen LogP contribution in [0.2, 0.25) is 0 Å². The lowest BCUT2D eigenvalue weighted by molar-refractivity contribution is 0.0695. The van der Waals surface area contributed by atoms with Crippen LogP contribution in [-0.4, -0.2) is 21.5 Å². The molecule has 0 heterocycles. The predicted molar refractivity (Wildman–Crippen MR) is 59.8 cm³/mol. The maximum atomic E-state index is 11.5. The lowest BCUT2D eigenvalue weighted by Gasteiger charge is -2.11. The Morgan fingerprint density at radius 3 is 2.47 bits per heavy atom. The first-order valence-electron chi connectivity index (χ1n) is 4.68. The number of carboxylic acid groups (broad SMARTS) is 1. The van der Waals surface area contributed by atoms with E-state index in [-0.39, 0.29) is 5.56 Å². The van der Waals surface area contributed by atoms with Gasteiger partial charge < -0.3 is 5.11 Å². The van der Waals surface area contributed by atoms with Gasteiger partial charge in [-0.25, -0.2) is 4.79 Å². The summed E-state index contributed by atoms with van der Waals surface area (Å²) >= 11 is 0. The quantitative estimate of drug-likeness (QED) is 0.857. The summed E-state index contributed by atoms with van der Waals surface area (Å²) in [5.41, 5.74) is 1.83. The molecule has 0 saturated carbocycles. The second-order valence-electron chi connectivity index (χ2n) is 3.35. The number of rotatable bonds is 3. The maximum absolute atomic E-state index is 11.5. The first kappa shape index (κ1) is 11.9. The molecule has 1 aromatic rings. The average Bonchev–Trinajstić information content (AvgIpc) is 2.15. The van der Waals surface area contributed by atoms with Crippen LogP contribution in [0.3, 0.4) is 0 Å². The summed E-state index contributed by atoms with van der Waals surface area (Å²) < 4.78 is 11.5. The first-order chi connectivity index (χ1) is 6.99. The summed E-state index contributed by atoms with van der Waals surface area (Å²) in [6.07, 6.45) is 2.16. The minimum atomic E-state index is -1.14. The Balaban J connectivity index is 3.54. The minimum absolute atomic E-state index is 0.258. The molecule has 0 aromatic heterocycles. The van der Waals surface area contributed by atoms with Crippen molar-refractivity contribution in [3.05, 3.63) is 28.8 Å². The van der Waals surface area contributed by atoms with Crippen molar-refractivity contribution in [2.24, 2.45) is 0 Å². The van der Waals surface area contributed by atoms with E-state index in [9.17, 15) is 9.00 Å². The van der Waals surface area contributed by atoms with E-state index in [2.05, 4.69) is 0 Å². The second-order valence-corrected chi connectivity index (χ2v) is 4.67. The molecule has 0 unspecified atom stereocenters. The Labute approximate surface area is 91.6 Å². The van der Waals surface area contributed by atoms with Gasteiger partial charge in [0.15, 0.2) is 0 Å². The van der Waals surface area contributed by atoms with Crippen molar-refractivity contribution >= 4 is 16.8 Å². The minimum Gasteiger partial charge on any atom is -0.478 e. The molecule has 0 spiro atoms. The molecule has 82 valence electrons. The fraction of sp³-hybridized carbons (Fsp3) is 0.364. The number of hydrogen-bond acceptors (Lipinski definition) is 2. The molecule has 0 radical (unpaired) electrons. The highest BCUT2D eigenvalue weighted by Gasteiger charge is 2.16. The van der Waals surface area contributed by atoms with Crippen molar-refractivity contribution in [2.45, 2.75) is 25.2 Å². The van der Waals surface area contributed by atoms with Gasteiger partial charge in [-0.05, 0) is 30.5 Å². The van der Waals surface area contributed by atoms with E-state index in [0.29, 0.717) is 16.9 Å². The maximum Gasteiger partial charge on any atom is 0.336 e. The van der Waals surface area contributed by atoms with Crippen LogP contribution < -0.4 is 0 Å². The summed E-state index contributed by atoms with van der Waals surface area (Å²) in [6, 6.07) is 3.28. The van der Waals surface area contributed by atoms with Gasteiger partial charge in [-0.15, -0.1) is 0 Å². The molecule has 1 aromatic carbocycles. The average molecular weight is 226 g/mol. The van der Waals surface area contributed by atoms with E-state index < -0.39 is 16.8 Å². The normalized spacial score (nSPS) is 12.5. The Morgan fingerprint density at radius 2 is 2.07 bits per heavy atom. The summed E-state index contributed by atoms with van der Waals surface area (Å²) in [6.45, 7) is 3.72.